The fraction of sp³-hybridized carbons (Fsp3) is 0.452. The van der Waals surface area contributed by atoms with Gasteiger partial charge >= 0.3 is 0 Å². The number of aliphatic hydroxyl groups excluding tert-OH is 1. The Hall–Kier alpha value is -2.89. The molecule has 2 aliphatic heterocycles. The van der Waals surface area contributed by atoms with Gasteiger partial charge in [0.05, 0.1) is 0 Å². The van der Waals surface area contributed by atoms with Crippen molar-refractivity contribution in [3.05, 3.63) is 77.9 Å². The van der Waals surface area contributed by atoms with E-state index < -0.39 is 6.10 Å². The van der Waals surface area contributed by atoms with Gasteiger partial charge in [0, 0.05) is 26.1 Å². The number of hydrogen-bond donors (Lipinski definition) is 1. The molecule has 1 amide bonds. The van der Waals surface area contributed by atoms with Crippen molar-refractivity contribution in [2.24, 2.45) is 0 Å². The summed E-state index contributed by atoms with van der Waals surface area (Å²) in [4.78, 5) is 16.8. The number of nitrogens with zero attached hydrogens (tertiary/aromatic N) is 2. The summed E-state index contributed by atoms with van der Waals surface area (Å²) >= 11 is 0. The van der Waals surface area contributed by atoms with Crippen LogP contribution < -0.4 is 4.74 Å². The molecule has 5 heteroatoms. The van der Waals surface area contributed by atoms with Gasteiger partial charge in [-0.2, -0.15) is 0 Å². The summed E-state index contributed by atoms with van der Waals surface area (Å²) in [7, 11) is 0. The van der Waals surface area contributed by atoms with Crippen molar-refractivity contribution in [3.8, 4) is 5.75 Å². The number of benzene rings is 3. The molecule has 5 nitrogen and oxygen atoms in total. The molecular formula is C31H38N2O3. The molecule has 1 unspecified atom stereocenters. The fourth-order valence-corrected chi connectivity index (χ4v) is 5.66. The van der Waals surface area contributed by atoms with Crippen molar-refractivity contribution in [1.82, 2.24) is 9.80 Å². The Labute approximate surface area is 214 Å². The minimum absolute atomic E-state index is 0.231. The van der Waals surface area contributed by atoms with E-state index in [1.807, 2.05) is 29.2 Å². The summed E-state index contributed by atoms with van der Waals surface area (Å²) in [6, 6.07) is 23.3. The second-order valence-electron chi connectivity index (χ2n) is 10.3. The molecule has 0 radical (unpaired) electrons. The van der Waals surface area contributed by atoms with Crippen LogP contribution in [0, 0.1) is 0 Å². The normalized spacial score (nSPS) is 18.0. The van der Waals surface area contributed by atoms with Gasteiger partial charge in [0.1, 0.15) is 18.5 Å². The van der Waals surface area contributed by atoms with E-state index in [9.17, 15) is 9.90 Å². The minimum Gasteiger partial charge on any atom is -0.491 e. The van der Waals surface area contributed by atoms with E-state index in [1.165, 1.54) is 16.3 Å². The molecule has 36 heavy (non-hydrogen) atoms. The van der Waals surface area contributed by atoms with Crippen LogP contribution in [0.4, 0.5) is 0 Å². The molecule has 3 aromatic rings. The number of para-hydroxylation sites is 1. The van der Waals surface area contributed by atoms with Crippen molar-refractivity contribution < 1.29 is 14.6 Å². The van der Waals surface area contributed by atoms with E-state index >= 15 is 0 Å². The number of carbonyl (C=O) groups excluding carboxylic acids is 1. The first-order valence-corrected chi connectivity index (χ1v) is 13.5. The minimum atomic E-state index is -0.540. The second-order valence-corrected chi connectivity index (χ2v) is 10.3. The number of aliphatic hydroxyl groups is 1. The number of piperidine rings is 1. The summed E-state index contributed by atoms with van der Waals surface area (Å²) in [5.74, 6) is 1.59. The van der Waals surface area contributed by atoms with Crippen LogP contribution in [0.1, 0.15) is 49.1 Å². The molecule has 2 aliphatic rings. The van der Waals surface area contributed by atoms with E-state index in [-0.39, 0.29) is 12.5 Å². The maximum absolute atomic E-state index is 12.4. The predicted molar refractivity (Wildman–Crippen MR) is 144 cm³/mol. The Bertz CT molecular complexity index is 1150. The molecule has 2 heterocycles. The number of β-amino-alcohol motifs (C(OH)–C–C–N with tert-alkyl or cyclic N) is 1. The van der Waals surface area contributed by atoms with Gasteiger partial charge in [-0.3, -0.25) is 4.79 Å². The summed E-state index contributed by atoms with van der Waals surface area (Å²) in [5, 5.41) is 13.3. The first-order chi connectivity index (χ1) is 17.7. The lowest BCUT2D eigenvalue weighted by molar-refractivity contribution is -0.130. The van der Waals surface area contributed by atoms with Crippen molar-refractivity contribution in [2.75, 3.05) is 39.3 Å². The second kappa shape index (κ2) is 11.9. The lowest BCUT2D eigenvalue weighted by Gasteiger charge is -2.33. The molecule has 0 bridgehead atoms. The average molecular weight is 487 g/mol. The standard InChI is InChI=1S/C31H38N2O3/c34-29(23-36-30-10-4-3-8-26(30)13-14-31(35)33-17-5-6-18-33)22-32-19-15-25(16-20-32)28-12-11-24-7-1-2-9-27(24)21-28/h1-4,7-12,21,25,29,34H,5-6,13-20,22-23H2. The van der Waals surface area contributed by atoms with Gasteiger partial charge in [0.2, 0.25) is 5.91 Å². The molecule has 2 fully saturated rings. The van der Waals surface area contributed by atoms with Crippen LogP contribution in [-0.2, 0) is 11.2 Å². The zero-order chi connectivity index (χ0) is 24.7. The van der Waals surface area contributed by atoms with E-state index in [2.05, 4.69) is 47.4 Å². The SMILES string of the molecule is O=C(CCc1ccccc1OCC(O)CN1CCC(c2ccc3ccccc3c2)CC1)N1CCCC1. The zero-order valence-electron chi connectivity index (χ0n) is 21.1. The highest BCUT2D eigenvalue weighted by Gasteiger charge is 2.23. The summed E-state index contributed by atoms with van der Waals surface area (Å²) in [6.45, 7) is 4.65. The fourth-order valence-electron chi connectivity index (χ4n) is 5.66. The molecule has 1 N–H and O–H groups in total. The zero-order valence-corrected chi connectivity index (χ0v) is 21.1. The van der Waals surface area contributed by atoms with Gasteiger partial charge in [-0.15, -0.1) is 0 Å². The topological polar surface area (TPSA) is 53.0 Å². The number of rotatable bonds is 9. The maximum Gasteiger partial charge on any atom is 0.222 e. The van der Waals surface area contributed by atoms with Crippen LogP contribution >= 0.6 is 0 Å². The Morgan fingerprint density at radius 3 is 2.44 bits per heavy atom. The van der Waals surface area contributed by atoms with Gasteiger partial charge in [-0.05, 0) is 79.1 Å². The lowest BCUT2D eigenvalue weighted by Crippen LogP contribution is -2.40. The van der Waals surface area contributed by atoms with Crippen molar-refractivity contribution >= 4 is 16.7 Å². The van der Waals surface area contributed by atoms with E-state index in [1.54, 1.807) is 0 Å². The predicted octanol–water partition coefficient (Wildman–Crippen LogP) is 5.01. The molecule has 2 saturated heterocycles. The van der Waals surface area contributed by atoms with Crippen molar-refractivity contribution in [3.63, 3.8) is 0 Å². The van der Waals surface area contributed by atoms with Gasteiger partial charge in [0.15, 0.2) is 0 Å². The van der Waals surface area contributed by atoms with Gasteiger partial charge in [0.25, 0.3) is 0 Å². The van der Waals surface area contributed by atoms with Crippen molar-refractivity contribution in [2.45, 2.75) is 50.5 Å². The van der Waals surface area contributed by atoms with E-state index in [4.69, 9.17) is 4.74 Å². The Kier molecular flexibility index (Phi) is 8.19. The number of hydrogen-bond acceptors (Lipinski definition) is 4. The molecule has 3 aromatic carbocycles. The maximum atomic E-state index is 12.4. The molecular weight excluding hydrogens is 448 g/mol. The number of aryl methyl sites for hydroxylation is 1. The smallest absolute Gasteiger partial charge is 0.222 e. The molecule has 0 aliphatic carbocycles. The Morgan fingerprint density at radius 1 is 0.917 bits per heavy atom. The highest BCUT2D eigenvalue weighted by atomic mass is 16.5. The van der Waals surface area contributed by atoms with Crippen LogP contribution in [0.25, 0.3) is 10.8 Å². The van der Waals surface area contributed by atoms with Crippen LogP contribution in [-0.4, -0.2) is 66.2 Å². The molecule has 190 valence electrons. The van der Waals surface area contributed by atoms with E-state index in [0.29, 0.717) is 25.3 Å². The number of carbonyl (C=O) groups is 1. The van der Waals surface area contributed by atoms with Gasteiger partial charge < -0.3 is 19.6 Å². The molecule has 0 saturated carbocycles. The molecule has 5 rings (SSSR count). The quantitative estimate of drug-likeness (QED) is 0.462. The van der Waals surface area contributed by atoms with Crippen LogP contribution in [0.3, 0.4) is 0 Å². The summed E-state index contributed by atoms with van der Waals surface area (Å²) in [5.41, 5.74) is 2.46. The summed E-state index contributed by atoms with van der Waals surface area (Å²) < 4.78 is 6.03. The number of ether oxygens (including phenoxy) is 1. The molecule has 0 aromatic heterocycles. The van der Waals surface area contributed by atoms with E-state index in [0.717, 1.165) is 63.2 Å². The van der Waals surface area contributed by atoms with Crippen LogP contribution in [0.15, 0.2) is 66.7 Å². The third kappa shape index (κ3) is 6.26. The highest BCUT2D eigenvalue weighted by molar-refractivity contribution is 5.83. The number of amides is 1. The van der Waals surface area contributed by atoms with Gasteiger partial charge in [-0.25, -0.2) is 0 Å². The monoisotopic (exact) mass is 486 g/mol. The Morgan fingerprint density at radius 2 is 1.64 bits per heavy atom. The Balaban J connectivity index is 1.07. The largest absolute Gasteiger partial charge is 0.491 e. The van der Waals surface area contributed by atoms with Gasteiger partial charge in [-0.1, -0.05) is 60.7 Å². The number of fused-ring (bicyclic) bond motifs is 1. The molecule has 0 spiro atoms. The lowest BCUT2D eigenvalue weighted by atomic mass is 9.88. The third-order valence-corrected chi connectivity index (χ3v) is 7.77. The highest BCUT2D eigenvalue weighted by Crippen LogP contribution is 2.30. The summed E-state index contributed by atoms with van der Waals surface area (Å²) in [6.07, 6.45) is 5.09. The van der Waals surface area contributed by atoms with Crippen LogP contribution in [0.5, 0.6) is 5.75 Å². The number of likely N-dealkylation sites (tertiary alicyclic amines) is 2. The average Bonchev–Trinajstić information content (AvgIpc) is 3.46. The first kappa shape index (κ1) is 24.8. The molecule has 1 atom stereocenters. The van der Waals surface area contributed by atoms with Crippen molar-refractivity contribution in [1.29, 1.82) is 0 Å². The third-order valence-electron chi connectivity index (χ3n) is 7.77. The van der Waals surface area contributed by atoms with Crippen LogP contribution in [0.2, 0.25) is 0 Å². The first-order valence-electron chi connectivity index (χ1n) is 13.5.